The first-order valence-electron chi connectivity index (χ1n) is 7.11. The Hall–Kier alpha value is -1.06. The molecular formula is C15H24O4. The van der Waals surface area contributed by atoms with Crippen LogP contribution in [0.2, 0.25) is 0 Å². The molecule has 0 unspecified atom stereocenters. The van der Waals surface area contributed by atoms with Crippen molar-refractivity contribution in [2.24, 2.45) is 22.2 Å². The Bertz CT molecular complexity index is 414. The number of hydrogen-bond acceptors (Lipinski definition) is 2. The van der Waals surface area contributed by atoms with Crippen LogP contribution in [0.25, 0.3) is 0 Å². The maximum atomic E-state index is 11.9. The summed E-state index contributed by atoms with van der Waals surface area (Å²) in [4.78, 5) is 23.4. The third-order valence-corrected chi connectivity index (χ3v) is 5.70. The molecule has 0 radical (unpaired) electrons. The Morgan fingerprint density at radius 2 is 1.79 bits per heavy atom. The highest BCUT2D eigenvalue weighted by Crippen LogP contribution is 2.62. The molecule has 4 nitrogen and oxygen atoms in total. The van der Waals surface area contributed by atoms with Crippen molar-refractivity contribution in [1.29, 1.82) is 0 Å². The van der Waals surface area contributed by atoms with Crippen LogP contribution < -0.4 is 0 Å². The van der Waals surface area contributed by atoms with Gasteiger partial charge in [0.2, 0.25) is 0 Å². The molecule has 2 N–H and O–H groups in total. The third kappa shape index (κ3) is 2.05. The van der Waals surface area contributed by atoms with Crippen molar-refractivity contribution >= 4 is 11.9 Å². The summed E-state index contributed by atoms with van der Waals surface area (Å²) in [5.74, 6) is -1.95. The summed E-state index contributed by atoms with van der Waals surface area (Å²) in [7, 11) is 0. The number of carboxylic acids is 2. The number of fused-ring (bicyclic) bond motifs is 2. The van der Waals surface area contributed by atoms with E-state index in [9.17, 15) is 19.8 Å². The van der Waals surface area contributed by atoms with E-state index in [1.54, 1.807) is 13.8 Å². The van der Waals surface area contributed by atoms with Crippen LogP contribution in [0, 0.1) is 22.2 Å². The van der Waals surface area contributed by atoms with Crippen LogP contribution in [-0.2, 0) is 9.59 Å². The van der Waals surface area contributed by atoms with Crippen molar-refractivity contribution in [3.63, 3.8) is 0 Å². The second kappa shape index (κ2) is 4.22. The first-order valence-corrected chi connectivity index (χ1v) is 7.11. The summed E-state index contributed by atoms with van der Waals surface area (Å²) >= 11 is 0. The van der Waals surface area contributed by atoms with E-state index in [1.165, 1.54) is 0 Å². The minimum atomic E-state index is -0.975. The molecule has 0 aliphatic heterocycles. The van der Waals surface area contributed by atoms with Crippen molar-refractivity contribution < 1.29 is 19.8 Å². The fraction of sp³-hybridized carbons (Fsp3) is 0.867. The molecule has 0 amide bonds. The average Bonchev–Trinajstić information content (AvgIpc) is 2.27. The molecule has 0 spiro atoms. The monoisotopic (exact) mass is 268 g/mol. The maximum absolute atomic E-state index is 11.9. The summed E-state index contributed by atoms with van der Waals surface area (Å²) in [6.45, 7) is 5.53. The lowest BCUT2D eigenvalue weighted by atomic mass is 9.47. The van der Waals surface area contributed by atoms with Gasteiger partial charge in [-0.2, -0.15) is 0 Å². The number of aliphatic carboxylic acids is 2. The molecule has 2 aliphatic carbocycles. The Labute approximate surface area is 114 Å². The highest BCUT2D eigenvalue weighted by atomic mass is 16.4. The van der Waals surface area contributed by atoms with Gasteiger partial charge in [-0.3, -0.25) is 9.59 Å². The van der Waals surface area contributed by atoms with Crippen molar-refractivity contribution in [3.05, 3.63) is 0 Å². The van der Waals surface area contributed by atoms with Gasteiger partial charge >= 0.3 is 11.9 Å². The molecule has 2 bridgehead atoms. The van der Waals surface area contributed by atoms with E-state index in [1.807, 2.05) is 0 Å². The fourth-order valence-corrected chi connectivity index (χ4v) is 4.58. The molecule has 0 saturated heterocycles. The van der Waals surface area contributed by atoms with Gasteiger partial charge in [0.05, 0.1) is 10.8 Å². The fourth-order valence-electron chi connectivity index (χ4n) is 4.58. The lowest BCUT2D eigenvalue weighted by molar-refractivity contribution is -0.179. The summed E-state index contributed by atoms with van der Waals surface area (Å²) in [5, 5.41) is 19.2. The molecule has 2 rings (SSSR count). The lowest BCUT2D eigenvalue weighted by Crippen LogP contribution is -2.55. The van der Waals surface area contributed by atoms with Gasteiger partial charge < -0.3 is 10.2 Å². The van der Waals surface area contributed by atoms with Gasteiger partial charge in [-0.1, -0.05) is 13.3 Å². The predicted molar refractivity (Wildman–Crippen MR) is 70.8 cm³/mol. The van der Waals surface area contributed by atoms with Gasteiger partial charge in [0, 0.05) is 0 Å². The van der Waals surface area contributed by atoms with Crippen LogP contribution in [0.1, 0.15) is 59.3 Å². The number of carbonyl (C=O) groups is 2. The summed E-state index contributed by atoms with van der Waals surface area (Å²) < 4.78 is 0. The Morgan fingerprint density at radius 3 is 2.32 bits per heavy atom. The van der Waals surface area contributed by atoms with Gasteiger partial charge in [-0.05, 0) is 57.3 Å². The highest BCUT2D eigenvalue weighted by molar-refractivity contribution is 5.80. The molecule has 19 heavy (non-hydrogen) atoms. The average molecular weight is 268 g/mol. The van der Waals surface area contributed by atoms with E-state index >= 15 is 0 Å². The number of carboxylic acid groups (broad SMARTS) is 2. The molecule has 4 heteroatoms. The van der Waals surface area contributed by atoms with Gasteiger partial charge in [0.15, 0.2) is 0 Å². The quantitative estimate of drug-likeness (QED) is 0.824. The SMILES string of the molecule is CC(C)(C(=O)O)[C@@H]1CC[C@@]2(C)CCC[C@@]1(C(=O)O)C2. The largest absolute Gasteiger partial charge is 0.481 e. The van der Waals surface area contributed by atoms with Crippen molar-refractivity contribution in [1.82, 2.24) is 0 Å². The summed E-state index contributed by atoms with van der Waals surface area (Å²) in [6, 6.07) is 0. The zero-order chi connectivity index (χ0) is 14.5. The lowest BCUT2D eigenvalue weighted by Gasteiger charge is -2.56. The van der Waals surface area contributed by atoms with Crippen LogP contribution in [0.3, 0.4) is 0 Å². The van der Waals surface area contributed by atoms with Crippen LogP contribution in [0.5, 0.6) is 0 Å². The third-order valence-electron chi connectivity index (χ3n) is 5.70. The molecule has 0 heterocycles. The topological polar surface area (TPSA) is 74.6 Å². The van der Waals surface area contributed by atoms with Crippen LogP contribution >= 0.6 is 0 Å². The first kappa shape index (κ1) is 14.4. The van der Waals surface area contributed by atoms with E-state index in [0.717, 1.165) is 19.3 Å². The predicted octanol–water partition coefficient (Wildman–Crippen LogP) is 3.16. The molecular weight excluding hydrogens is 244 g/mol. The number of hydrogen-bond donors (Lipinski definition) is 2. The standard InChI is InChI=1S/C15H24O4/c1-13(2,11(16)17)10-5-8-14(3)6-4-7-15(10,9-14)12(18)19/h10H,4-9H2,1-3H3,(H,16,17)(H,18,19)/t10-,14+,15+/m0/s1. The van der Waals surface area contributed by atoms with Gasteiger partial charge in [0.1, 0.15) is 0 Å². The second-order valence-corrected chi connectivity index (χ2v) is 7.42. The van der Waals surface area contributed by atoms with E-state index in [0.29, 0.717) is 19.3 Å². The first-order chi connectivity index (χ1) is 8.64. The maximum Gasteiger partial charge on any atom is 0.309 e. The molecule has 2 aliphatic rings. The van der Waals surface area contributed by atoms with Crippen LogP contribution in [0.4, 0.5) is 0 Å². The molecule has 0 aromatic carbocycles. The van der Waals surface area contributed by atoms with E-state index in [2.05, 4.69) is 6.92 Å². The molecule has 0 aromatic heterocycles. The zero-order valence-corrected chi connectivity index (χ0v) is 12.0. The second-order valence-electron chi connectivity index (χ2n) is 7.42. The molecule has 0 aromatic rings. The highest BCUT2D eigenvalue weighted by Gasteiger charge is 2.60. The molecule has 3 atom stereocenters. The molecule has 108 valence electrons. The Kier molecular flexibility index (Phi) is 3.19. The minimum Gasteiger partial charge on any atom is -0.481 e. The van der Waals surface area contributed by atoms with E-state index in [4.69, 9.17) is 0 Å². The molecule has 2 saturated carbocycles. The van der Waals surface area contributed by atoms with Crippen molar-refractivity contribution in [2.45, 2.75) is 59.3 Å². The normalized spacial score (nSPS) is 38.8. The summed E-state index contributed by atoms with van der Waals surface area (Å²) in [6.07, 6.45) is 4.89. The van der Waals surface area contributed by atoms with Gasteiger partial charge in [-0.15, -0.1) is 0 Å². The van der Waals surface area contributed by atoms with Crippen LogP contribution in [0.15, 0.2) is 0 Å². The van der Waals surface area contributed by atoms with E-state index < -0.39 is 22.8 Å². The van der Waals surface area contributed by atoms with Gasteiger partial charge in [0.25, 0.3) is 0 Å². The Morgan fingerprint density at radius 1 is 1.16 bits per heavy atom. The van der Waals surface area contributed by atoms with E-state index in [-0.39, 0.29) is 11.3 Å². The van der Waals surface area contributed by atoms with Crippen LogP contribution in [-0.4, -0.2) is 22.2 Å². The number of rotatable bonds is 3. The molecule has 2 fully saturated rings. The minimum absolute atomic E-state index is 0.0850. The smallest absolute Gasteiger partial charge is 0.309 e. The Balaban J connectivity index is 2.44. The zero-order valence-electron chi connectivity index (χ0n) is 12.0. The van der Waals surface area contributed by atoms with Gasteiger partial charge in [-0.25, -0.2) is 0 Å². The van der Waals surface area contributed by atoms with Crippen molar-refractivity contribution in [3.8, 4) is 0 Å². The van der Waals surface area contributed by atoms with Crippen molar-refractivity contribution in [2.75, 3.05) is 0 Å². The summed E-state index contributed by atoms with van der Waals surface area (Å²) in [5.41, 5.74) is -1.73.